The predicted octanol–water partition coefficient (Wildman–Crippen LogP) is 4.10. The van der Waals surface area contributed by atoms with Crippen LogP contribution in [-0.4, -0.2) is 23.9 Å². The summed E-state index contributed by atoms with van der Waals surface area (Å²) in [5, 5.41) is 11.3. The highest BCUT2D eigenvalue weighted by Gasteiger charge is 2.20. The van der Waals surface area contributed by atoms with Gasteiger partial charge in [-0.1, -0.05) is 48.7 Å². The summed E-state index contributed by atoms with van der Waals surface area (Å²) in [5.41, 5.74) is 0.859. The maximum absolute atomic E-state index is 10.2. The summed E-state index contributed by atoms with van der Waals surface area (Å²) >= 11 is 12.1. The van der Waals surface area contributed by atoms with Gasteiger partial charge < -0.3 is 9.84 Å². The molecule has 2 nitrogen and oxygen atoms in total. The highest BCUT2D eigenvalue weighted by atomic mass is 35.5. The standard InChI is InChI=1S/C14H20Cl2O2/c1-3-6-13(18-4-2)12(17)9-10-7-5-8-11(15)14(10)16/h5,7-8,12-13,17H,3-4,6,9H2,1-2H3. The van der Waals surface area contributed by atoms with Crippen molar-refractivity contribution >= 4 is 23.2 Å². The largest absolute Gasteiger partial charge is 0.390 e. The lowest BCUT2D eigenvalue weighted by atomic mass is 10.0. The Morgan fingerprint density at radius 2 is 2.00 bits per heavy atom. The molecule has 2 unspecified atom stereocenters. The van der Waals surface area contributed by atoms with Gasteiger partial charge in [-0.2, -0.15) is 0 Å². The highest BCUT2D eigenvalue weighted by Crippen LogP contribution is 2.27. The van der Waals surface area contributed by atoms with E-state index < -0.39 is 6.10 Å². The first-order valence-electron chi connectivity index (χ1n) is 6.32. The number of hydrogen-bond acceptors (Lipinski definition) is 2. The molecule has 0 saturated carbocycles. The maximum Gasteiger partial charge on any atom is 0.0842 e. The van der Waals surface area contributed by atoms with E-state index in [-0.39, 0.29) is 6.10 Å². The van der Waals surface area contributed by atoms with Crippen molar-refractivity contribution in [2.45, 2.75) is 45.3 Å². The third-order valence-corrected chi connectivity index (χ3v) is 3.70. The Kier molecular flexibility index (Phi) is 7.02. The topological polar surface area (TPSA) is 29.5 Å². The Morgan fingerprint density at radius 1 is 1.28 bits per heavy atom. The molecule has 1 aromatic rings. The lowest BCUT2D eigenvalue weighted by Gasteiger charge is -2.23. The molecule has 0 fully saturated rings. The first-order valence-corrected chi connectivity index (χ1v) is 7.08. The van der Waals surface area contributed by atoms with E-state index in [1.54, 1.807) is 6.07 Å². The van der Waals surface area contributed by atoms with Crippen molar-refractivity contribution in [2.24, 2.45) is 0 Å². The van der Waals surface area contributed by atoms with Gasteiger partial charge in [0.05, 0.1) is 22.3 Å². The molecule has 2 atom stereocenters. The van der Waals surface area contributed by atoms with E-state index in [9.17, 15) is 5.11 Å². The molecule has 0 aliphatic carbocycles. The third kappa shape index (κ3) is 4.43. The average Bonchev–Trinajstić information content (AvgIpc) is 2.34. The Bertz CT molecular complexity index is 363. The van der Waals surface area contributed by atoms with Crippen LogP contribution in [0.1, 0.15) is 32.3 Å². The number of ether oxygens (including phenoxy) is 1. The number of halogens is 2. The molecule has 0 aliphatic heterocycles. The van der Waals surface area contributed by atoms with Crippen LogP contribution in [-0.2, 0) is 11.2 Å². The lowest BCUT2D eigenvalue weighted by Crippen LogP contribution is -2.31. The second kappa shape index (κ2) is 8.00. The van der Waals surface area contributed by atoms with Gasteiger partial charge in [0.2, 0.25) is 0 Å². The molecule has 0 aliphatic rings. The summed E-state index contributed by atoms with van der Waals surface area (Å²) in [5.74, 6) is 0. The molecule has 0 bridgehead atoms. The van der Waals surface area contributed by atoms with Gasteiger partial charge in [0.15, 0.2) is 0 Å². The van der Waals surface area contributed by atoms with Crippen LogP contribution in [0, 0.1) is 0 Å². The van der Waals surface area contributed by atoms with Crippen molar-refractivity contribution in [2.75, 3.05) is 6.61 Å². The quantitative estimate of drug-likeness (QED) is 0.819. The van der Waals surface area contributed by atoms with Crippen LogP contribution < -0.4 is 0 Å². The fourth-order valence-electron chi connectivity index (χ4n) is 1.95. The van der Waals surface area contributed by atoms with Crippen LogP contribution in [0.3, 0.4) is 0 Å². The number of hydrogen-bond donors (Lipinski definition) is 1. The van der Waals surface area contributed by atoms with Gasteiger partial charge in [0, 0.05) is 13.0 Å². The number of aliphatic hydroxyl groups excluding tert-OH is 1. The Morgan fingerprint density at radius 3 is 2.61 bits per heavy atom. The SMILES string of the molecule is CCCC(OCC)C(O)Cc1cccc(Cl)c1Cl. The van der Waals surface area contributed by atoms with Gasteiger partial charge in [-0.05, 0) is 25.0 Å². The second-order valence-corrected chi connectivity index (χ2v) is 5.05. The minimum atomic E-state index is -0.555. The van der Waals surface area contributed by atoms with Crippen LogP contribution in [0.4, 0.5) is 0 Å². The van der Waals surface area contributed by atoms with E-state index in [4.69, 9.17) is 27.9 Å². The smallest absolute Gasteiger partial charge is 0.0842 e. The number of benzene rings is 1. The third-order valence-electron chi connectivity index (χ3n) is 2.84. The molecule has 1 N–H and O–H groups in total. The molecule has 4 heteroatoms. The monoisotopic (exact) mass is 290 g/mol. The van der Waals surface area contributed by atoms with Gasteiger partial charge >= 0.3 is 0 Å². The second-order valence-electron chi connectivity index (χ2n) is 4.27. The zero-order valence-electron chi connectivity index (χ0n) is 10.8. The van der Waals surface area contributed by atoms with E-state index in [2.05, 4.69) is 6.92 Å². The van der Waals surface area contributed by atoms with Crippen LogP contribution in [0.5, 0.6) is 0 Å². The molecule has 18 heavy (non-hydrogen) atoms. The highest BCUT2D eigenvalue weighted by molar-refractivity contribution is 6.42. The summed E-state index contributed by atoms with van der Waals surface area (Å²) in [6.45, 7) is 4.61. The summed E-state index contributed by atoms with van der Waals surface area (Å²) in [6.07, 6.45) is 1.58. The number of aliphatic hydroxyl groups is 1. The molecular weight excluding hydrogens is 271 g/mol. The van der Waals surface area contributed by atoms with Gasteiger partial charge in [-0.15, -0.1) is 0 Å². The van der Waals surface area contributed by atoms with Crippen molar-refractivity contribution in [1.29, 1.82) is 0 Å². The fraction of sp³-hybridized carbons (Fsp3) is 0.571. The van der Waals surface area contributed by atoms with E-state index in [0.29, 0.717) is 23.1 Å². The van der Waals surface area contributed by atoms with E-state index in [1.807, 2.05) is 19.1 Å². The molecule has 0 amide bonds. The van der Waals surface area contributed by atoms with Crippen LogP contribution in [0.2, 0.25) is 10.0 Å². The zero-order valence-corrected chi connectivity index (χ0v) is 12.3. The maximum atomic E-state index is 10.2. The molecule has 102 valence electrons. The van der Waals surface area contributed by atoms with Gasteiger partial charge in [0.25, 0.3) is 0 Å². The van der Waals surface area contributed by atoms with Gasteiger partial charge in [0.1, 0.15) is 0 Å². The van der Waals surface area contributed by atoms with Crippen LogP contribution >= 0.6 is 23.2 Å². The predicted molar refractivity (Wildman–Crippen MR) is 76.5 cm³/mol. The van der Waals surface area contributed by atoms with Crippen molar-refractivity contribution in [3.63, 3.8) is 0 Å². The van der Waals surface area contributed by atoms with E-state index >= 15 is 0 Å². The first-order chi connectivity index (χ1) is 8.60. The van der Waals surface area contributed by atoms with Crippen LogP contribution in [0.15, 0.2) is 18.2 Å². The van der Waals surface area contributed by atoms with Gasteiger partial charge in [-0.25, -0.2) is 0 Å². The lowest BCUT2D eigenvalue weighted by molar-refractivity contribution is -0.0363. The number of rotatable bonds is 7. The molecule has 1 aromatic carbocycles. The van der Waals surface area contributed by atoms with Crippen molar-refractivity contribution in [1.82, 2.24) is 0 Å². The van der Waals surface area contributed by atoms with Gasteiger partial charge in [-0.3, -0.25) is 0 Å². The molecule has 0 spiro atoms. The molecule has 0 aromatic heterocycles. The van der Waals surface area contributed by atoms with Crippen molar-refractivity contribution < 1.29 is 9.84 Å². The summed E-state index contributed by atoms with van der Waals surface area (Å²) in [4.78, 5) is 0. The van der Waals surface area contributed by atoms with Crippen molar-refractivity contribution in [3.8, 4) is 0 Å². The Hall–Kier alpha value is -0.280. The Balaban J connectivity index is 2.72. The molecule has 1 rings (SSSR count). The fourth-order valence-corrected chi connectivity index (χ4v) is 2.35. The summed E-state index contributed by atoms with van der Waals surface area (Å²) < 4.78 is 5.56. The summed E-state index contributed by atoms with van der Waals surface area (Å²) in [6, 6.07) is 5.46. The molecule has 0 saturated heterocycles. The first kappa shape index (κ1) is 15.8. The Labute approximate surface area is 119 Å². The molecule has 0 radical (unpaired) electrons. The average molecular weight is 291 g/mol. The molecular formula is C14H20Cl2O2. The molecule has 0 heterocycles. The minimum Gasteiger partial charge on any atom is -0.390 e. The van der Waals surface area contributed by atoms with Crippen LogP contribution in [0.25, 0.3) is 0 Å². The van der Waals surface area contributed by atoms with E-state index in [0.717, 1.165) is 18.4 Å². The summed E-state index contributed by atoms with van der Waals surface area (Å²) in [7, 11) is 0. The van der Waals surface area contributed by atoms with Crippen molar-refractivity contribution in [3.05, 3.63) is 33.8 Å². The van der Waals surface area contributed by atoms with E-state index in [1.165, 1.54) is 0 Å². The minimum absolute atomic E-state index is 0.143. The zero-order chi connectivity index (χ0) is 13.5. The normalized spacial score (nSPS) is 14.5.